The Kier molecular flexibility index (Phi) is 7.36. The number of rotatable bonds is 8. The van der Waals surface area contributed by atoms with Gasteiger partial charge in [-0.3, -0.25) is 9.48 Å². The van der Waals surface area contributed by atoms with Gasteiger partial charge in [0, 0.05) is 49.3 Å². The molecule has 46 heavy (non-hydrogen) atoms. The maximum Gasteiger partial charge on any atom is 0.246 e. The van der Waals surface area contributed by atoms with Crippen LogP contribution in [0, 0.1) is 11.6 Å². The van der Waals surface area contributed by atoms with Crippen molar-refractivity contribution in [2.45, 2.75) is 19.5 Å². The van der Waals surface area contributed by atoms with Gasteiger partial charge >= 0.3 is 0 Å². The first-order valence-corrected chi connectivity index (χ1v) is 14.7. The molecule has 0 spiro atoms. The molecular weight excluding hydrogens is 594 g/mol. The second-order valence-corrected chi connectivity index (χ2v) is 11.1. The minimum absolute atomic E-state index is 0.0112. The molecule has 0 fully saturated rings. The molecule has 0 saturated carbocycles. The number of fused-ring (bicyclic) bond motifs is 3. The first kappa shape index (κ1) is 29.4. The quantitative estimate of drug-likeness (QED) is 0.145. The van der Waals surface area contributed by atoms with Gasteiger partial charge in [0.1, 0.15) is 41.1 Å². The van der Waals surface area contributed by atoms with Crippen molar-refractivity contribution in [3.8, 4) is 39.5 Å². The normalized spacial score (nSPS) is 14.6. The summed E-state index contributed by atoms with van der Waals surface area (Å²) in [5.74, 6) is -1.81. The molecule has 5 heterocycles. The lowest BCUT2D eigenvalue weighted by atomic mass is 9.94. The number of halogens is 2. The van der Waals surface area contributed by atoms with E-state index < -0.39 is 11.6 Å². The molecule has 234 valence electrons. The van der Waals surface area contributed by atoms with E-state index in [-0.39, 0.29) is 36.5 Å². The molecule has 1 amide bonds. The van der Waals surface area contributed by atoms with Crippen molar-refractivity contribution in [1.82, 2.24) is 29.2 Å². The summed E-state index contributed by atoms with van der Waals surface area (Å²) in [7, 11) is 3.43. The molecule has 1 atom stereocenters. The number of hydrogen-bond acceptors (Lipinski definition) is 7. The summed E-state index contributed by atoms with van der Waals surface area (Å²) in [5.41, 5.74) is 5.25. The number of aromatic nitrogens is 5. The van der Waals surface area contributed by atoms with Crippen molar-refractivity contribution in [2.75, 3.05) is 26.9 Å². The van der Waals surface area contributed by atoms with Gasteiger partial charge in [-0.1, -0.05) is 12.6 Å². The van der Waals surface area contributed by atoms with Crippen LogP contribution in [0.2, 0.25) is 0 Å². The number of carbonyl (C=O) groups excluding carboxylic acids is 1. The highest BCUT2D eigenvalue weighted by molar-refractivity contribution is 6.07. The van der Waals surface area contributed by atoms with Crippen molar-refractivity contribution >= 4 is 27.9 Å². The third-order valence-electron chi connectivity index (χ3n) is 8.38. The van der Waals surface area contributed by atoms with Crippen molar-refractivity contribution in [3.05, 3.63) is 85.0 Å². The number of amides is 1. The van der Waals surface area contributed by atoms with Gasteiger partial charge < -0.3 is 23.4 Å². The molecule has 6 aromatic rings. The molecule has 0 N–H and O–H groups in total. The van der Waals surface area contributed by atoms with Crippen LogP contribution >= 0.6 is 0 Å². The second-order valence-electron chi connectivity index (χ2n) is 11.1. The molecule has 10 nitrogen and oxygen atoms in total. The average molecular weight is 625 g/mol. The van der Waals surface area contributed by atoms with Crippen molar-refractivity contribution in [3.63, 3.8) is 0 Å². The molecule has 0 unspecified atom stereocenters. The van der Waals surface area contributed by atoms with E-state index in [9.17, 15) is 9.18 Å². The molecule has 1 aliphatic rings. The van der Waals surface area contributed by atoms with Gasteiger partial charge in [-0.15, -0.1) is 0 Å². The predicted octanol–water partition coefficient (Wildman–Crippen LogP) is 6.30. The summed E-state index contributed by atoms with van der Waals surface area (Å²) in [6.07, 6.45) is 4.54. The number of benzene rings is 2. The molecule has 0 radical (unpaired) electrons. The van der Waals surface area contributed by atoms with Crippen LogP contribution < -0.4 is 4.74 Å². The smallest absolute Gasteiger partial charge is 0.246 e. The van der Waals surface area contributed by atoms with E-state index in [1.807, 2.05) is 47.5 Å². The summed E-state index contributed by atoms with van der Waals surface area (Å²) >= 11 is 0. The molecule has 12 heteroatoms. The van der Waals surface area contributed by atoms with Crippen molar-refractivity contribution < 1.29 is 27.5 Å². The predicted molar refractivity (Wildman–Crippen MR) is 168 cm³/mol. The number of furan rings is 1. The molecule has 4 aromatic heterocycles. The topological polar surface area (TPSA) is 100 Å². The number of ether oxygens (including phenoxy) is 2. The second kappa shape index (κ2) is 11.5. The van der Waals surface area contributed by atoms with Crippen LogP contribution in [0.1, 0.15) is 18.7 Å². The molecule has 7 rings (SSSR count). The Hall–Kier alpha value is -5.36. The van der Waals surface area contributed by atoms with Crippen LogP contribution in [0.4, 0.5) is 8.78 Å². The lowest BCUT2D eigenvalue weighted by Gasteiger charge is -2.33. The molecule has 0 saturated heterocycles. The molecule has 2 aromatic carbocycles. The highest BCUT2D eigenvalue weighted by Gasteiger charge is 2.31. The van der Waals surface area contributed by atoms with E-state index in [4.69, 9.17) is 24.0 Å². The van der Waals surface area contributed by atoms with Gasteiger partial charge in [0.2, 0.25) is 5.91 Å². The Labute approximate surface area is 262 Å². The third-order valence-corrected chi connectivity index (χ3v) is 8.38. The van der Waals surface area contributed by atoms with Crippen molar-refractivity contribution in [2.24, 2.45) is 7.05 Å². The lowest BCUT2D eigenvalue weighted by Crippen LogP contribution is -2.40. The fraction of sp³-hybridized carbons (Fsp3) is 0.235. The molecular formula is C34H30F2N6O4. The Morgan fingerprint density at radius 1 is 1.11 bits per heavy atom. The number of nitrogens with zero attached hydrogens (tertiary/aromatic N) is 6. The highest BCUT2D eigenvalue weighted by Crippen LogP contribution is 2.46. The van der Waals surface area contributed by atoms with Crippen LogP contribution in [0.5, 0.6) is 5.75 Å². The molecule has 0 bridgehead atoms. The summed E-state index contributed by atoms with van der Waals surface area (Å²) in [5, 5.41) is 5.43. The monoisotopic (exact) mass is 624 g/mol. The van der Waals surface area contributed by atoms with Crippen molar-refractivity contribution in [1.29, 1.82) is 0 Å². The third kappa shape index (κ3) is 4.81. The van der Waals surface area contributed by atoms with E-state index in [0.717, 1.165) is 34.4 Å². The first-order chi connectivity index (χ1) is 22.3. The van der Waals surface area contributed by atoms with Gasteiger partial charge in [0.15, 0.2) is 5.58 Å². The average Bonchev–Trinajstić information content (AvgIpc) is 3.79. The van der Waals surface area contributed by atoms with E-state index in [1.54, 1.807) is 17.3 Å². The number of methoxy groups -OCH3 is 1. The standard InChI is InChI=1S/C34H30F2N6O4/c1-5-29(43)41-9-10-42-27(19(41)2)17-25(39-42)33-30(31-23(36)15-21(35)16-28(31)45-13-12-44-4)22-8-11-46-34(22)32(38-33)20-6-7-26-24(14-20)37-18-40(26)3/h5-8,11,14-19H,1,9-10,12-13H2,2-4H3/t19-/m1/s1. The number of carbonyl (C=O) groups is 1. The van der Waals surface area contributed by atoms with E-state index in [1.165, 1.54) is 19.4 Å². The van der Waals surface area contributed by atoms with E-state index >= 15 is 4.39 Å². The van der Waals surface area contributed by atoms with E-state index in [0.29, 0.717) is 46.7 Å². The maximum atomic E-state index is 16.0. The largest absolute Gasteiger partial charge is 0.490 e. The minimum Gasteiger partial charge on any atom is -0.490 e. The Bertz CT molecular complexity index is 2150. The Balaban J connectivity index is 1.50. The molecule has 0 aliphatic carbocycles. The highest BCUT2D eigenvalue weighted by atomic mass is 19.1. The Morgan fingerprint density at radius 2 is 1.96 bits per heavy atom. The van der Waals surface area contributed by atoms with Gasteiger partial charge in [-0.05, 0) is 37.3 Å². The number of imidazole rings is 1. The number of hydrogen-bond donors (Lipinski definition) is 0. The lowest BCUT2D eigenvalue weighted by molar-refractivity contribution is -0.129. The van der Waals surface area contributed by atoms with E-state index in [2.05, 4.69) is 11.6 Å². The zero-order valence-corrected chi connectivity index (χ0v) is 25.5. The molecule has 1 aliphatic heterocycles. The number of pyridine rings is 1. The zero-order valence-electron chi connectivity index (χ0n) is 25.5. The Morgan fingerprint density at radius 3 is 2.76 bits per heavy atom. The summed E-state index contributed by atoms with van der Waals surface area (Å²) < 4.78 is 51.3. The van der Waals surface area contributed by atoms with Crippen LogP contribution in [0.15, 0.2) is 72.1 Å². The van der Waals surface area contributed by atoms with Gasteiger partial charge in [-0.25, -0.2) is 18.7 Å². The van der Waals surface area contributed by atoms with Crippen LogP contribution in [-0.2, 0) is 23.1 Å². The van der Waals surface area contributed by atoms with Gasteiger partial charge in [0.25, 0.3) is 0 Å². The van der Waals surface area contributed by atoms with Crippen LogP contribution in [0.25, 0.3) is 55.8 Å². The zero-order chi connectivity index (χ0) is 32.1. The number of aryl methyl sites for hydroxylation is 1. The first-order valence-electron chi connectivity index (χ1n) is 14.7. The SMILES string of the molecule is C=CC(=O)N1CCn2nc(-c3nc(-c4ccc5c(c4)ncn5C)c4occc4c3-c3c(F)cc(F)cc3OCCOC)cc2[C@H]1C. The summed E-state index contributed by atoms with van der Waals surface area (Å²) in [4.78, 5) is 23.9. The van der Waals surface area contributed by atoms with Crippen LogP contribution in [0.3, 0.4) is 0 Å². The van der Waals surface area contributed by atoms with Gasteiger partial charge in [0.05, 0.1) is 54.1 Å². The van der Waals surface area contributed by atoms with Crippen LogP contribution in [-0.4, -0.2) is 62.0 Å². The van der Waals surface area contributed by atoms with Gasteiger partial charge in [-0.2, -0.15) is 5.10 Å². The fourth-order valence-corrected chi connectivity index (χ4v) is 6.13. The fourth-order valence-electron chi connectivity index (χ4n) is 6.13. The maximum absolute atomic E-state index is 16.0. The minimum atomic E-state index is -0.833. The summed E-state index contributed by atoms with van der Waals surface area (Å²) in [6, 6.07) is 11.0. The summed E-state index contributed by atoms with van der Waals surface area (Å²) in [6.45, 7) is 6.72.